The smallest absolute Gasteiger partial charge is 0.338 e. The van der Waals surface area contributed by atoms with Gasteiger partial charge in [0.25, 0.3) is 0 Å². The zero-order chi connectivity index (χ0) is 18.1. The number of nitrogens with zero attached hydrogens (tertiary/aromatic N) is 4. The molecule has 1 aliphatic heterocycles. The van der Waals surface area contributed by atoms with Gasteiger partial charge < -0.3 is 15.7 Å². The second-order valence-electron chi connectivity index (χ2n) is 6.77. The third kappa shape index (κ3) is 3.20. The van der Waals surface area contributed by atoms with Crippen LogP contribution < -0.4 is 10.6 Å². The van der Waals surface area contributed by atoms with Crippen LogP contribution in [0.4, 0.5) is 11.6 Å². The lowest BCUT2D eigenvalue weighted by Gasteiger charge is -2.34. The van der Waals surface area contributed by atoms with Crippen molar-refractivity contribution in [3.05, 3.63) is 53.7 Å². The third-order valence-corrected chi connectivity index (χ3v) is 5.02. The van der Waals surface area contributed by atoms with Gasteiger partial charge in [0.15, 0.2) is 5.65 Å². The lowest BCUT2D eigenvalue weighted by molar-refractivity contribution is 0.0697. The first-order valence-corrected chi connectivity index (χ1v) is 8.78. The van der Waals surface area contributed by atoms with E-state index in [9.17, 15) is 9.90 Å². The largest absolute Gasteiger partial charge is 0.478 e. The number of hydrogen-bond acceptors (Lipinski definition) is 5. The molecule has 3 N–H and O–H groups in total. The highest BCUT2D eigenvalue weighted by Crippen LogP contribution is 2.29. The van der Waals surface area contributed by atoms with E-state index in [4.69, 9.17) is 5.73 Å². The Labute approximate surface area is 151 Å². The molecule has 1 aliphatic rings. The number of aromatic carboxylic acids is 1. The number of benzene rings is 1. The number of carbonyl (C=O) groups is 1. The Morgan fingerprint density at radius 1 is 1.23 bits per heavy atom. The minimum absolute atomic E-state index is 0.139. The van der Waals surface area contributed by atoms with Crippen LogP contribution in [0.5, 0.6) is 0 Å². The Bertz CT molecular complexity index is 930. The van der Waals surface area contributed by atoms with Gasteiger partial charge >= 0.3 is 5.97 Å². The zero-order valence-electron chi connectivity index (χ0n) is 14.4. The normalized spacial score (nSPS) is 15.5. The maximum atomic E-state index is 11.7. The molecule has 3 aromatic rings. The van der Waals surface area contributed by atoms with Gasteiger partial charge in [-0.1, -0.05) is 30.3 Å². The summed E-state index contributed by atoms with van der Waals surface area (Å²) in [4.78, 5) is 17.9. The first kappa shape index (κ1) is 16.4. The van der Waals surface area contributed by atoms with Gasteiger partial charge in [-0.05, 0) is 36.8 Å². The molecule has 0 unspecified atom stereocenters. The molecule has 0 aliphatic carbocycles. The fourth-order valence-corrected chi connectivity index (χ4v) is 3.68. The topological polar surface area (TPSA) is 96.7 Å². The van der Waals surface area contributed by atoms with Crippen molar-refractivity contribution in [1.29, 1.82) is 0 Å². The molecule has 0 saturated carbocycles. The highest BCUT2D eigenvalue weighted by Gasteiger charge is 2.24. The second-order valence-corrected chi connectivity index (χ2v) is 6.77. The quantitative estimate of drug-likeness (QED) is 0.749. The van der Waals surface area contributed by atoms with Crippen LogP contribution in [0.25, 0.3) is 5.65 Å². The van der Waals surface area contributed by atoms with Gasteiger partial charge in [-0.3, -0.25) is 0 Å². The number of carboxylic acid groups (broad SMARTS) is 1. The summed E-state index contributed by atoms with van der Waals surface area (Å²) >= 11 is 0. The van der Waals surface area contributed by atoms with Crippen molar-refractivity contribution in [2.24, 2.45) is 5.92 Å². The number of rotatable bonds is 4. The monoisotopic (exact) mass is 351 g/mol. The van der Waals surface area contributed by atoms with Crippen molar-refractivity contribution in [3.8, 4) is 0 Å². The summed E-state index contributed by atoms with van der Waals surface area (Å²) in [6.45, 7) is 1.65. The summed E-state index contributed by atoms with van der Waals surface area (Å²) in [5.74, 6) is -0.205. The minimum Gasteiger partial charge on any atom is -0.478 e. The van der Waals surface area contributed by atoms with Crippen LogP contribution in [0.2, 0.25) is 0 Å². The van der Waals surface area contributed by atoms with Crippen molar-refractivity contribution in [2.45, 2.75) is 19.3 Å². The third-order valence-electron chi connectivity index (χ3n) is 5.02. The van der Waals surface area contributed by atoms with E-state index < -0.39 is 5.97 Å². The molecular formula is C19H21N5O2. The minimum atomic E-state index is -0.963. The first-order chi connectivity index (χ1) is 12.6. The Kier molecular flexibility index (Phi) is 4.20. The summed E-state index contributed by atoms with van der Waals surface area (Å²) in [6, 6.07) is 12.0. The number of carboxylic acids is 1. The number of pyridine rings is 1. The number of fused-ring (bicyclic) bond motifs is 1. The van der Waals surface area contributed by atoms with E-state index >= 15 is 0 Å². The second kappa shape index (κ2) is 6.67. The van der Waals surface area contributed by atoms with E-state index in [1.165, 1.54) is 11.6 Å². The van der Waals surface area contributed by atoms with Crippen LogP contribution >= 0.6 is 0 Å². The molecule has 3 heterocycles. The van der Waals surface area contributed by atoms with Gasteiger partial charge in [0.2, 0.25) is 5.95 Å². The maximum absolute atomic E-state index is 11.7. The van der Waals surface area contributed by atoms with Gasteiger partial charge in [-0.2, -0.15) is 4.98 Å². The number of nitrogens with two attached hydrogens (primary N) is 1. The number of aromatic nitrogens is 3. The van der Waals surface area contributed by atoms with Crippen LogP contribution in [-0.4, -0.2) is 38.8 Å². The van der Waals surface area contributed by atoms with Crippen LogP contribution in [0, 0.1) is 5.92 Å². The number of hydrogen-bond donors (Lipinski definition) is 2. The fourth-order valence-electron chi connectivity index (χ4n) is 3.68. The summed E-state index contributed by atoms with van der Waals surface area (Å²) in [6.07, 6.45) is 4.86. The molecule has 0 amide bonds. The average Bonchev–Trinajstić information content (AvgIpc) is 3.01. The number of anilines is 2. The molecule has 0 radical (unpaired) electrons. The Balaban J connectivity index is 1.53. The van der Waals surface area contributed by atoms with E-state index in [0.29, 0.717) is 17.3 Å². The van der Waals surface area contributed by atoms with E-state index in [0.717, 1.165) is 32.4 Å². The molecule has 2 aromatic heterocycles. The van der Waals surface area contributed by atoms with E-state index in [2.05, 4.69) is 39.2 Å². The highest BCUT2D eigenvalue weighted by atomic mass is 16.4. The molecule has 1 saturated heterocycles. The van der Waals surface area contributed by atoms with Crippen molar-refractivity contribution < 1.29 is 9.90 Å². The van der Waals surface area contributed by atoms with Crippen molar-refractivity contribution in [2.75, 3.05) is 23.7 Å². The van der Waals surface area contributed by atoms with Crippen LogP contribution in [0.15, 0.2) is 42.6 Å². The summed E-state index contributed by atoms with van der Waals surface area (Å²) in [5, 5.41) is 13.7. The predicted molar refractivity (Wildman–Crippen MR) is 99.4 cm³/mol. The molecule has 4 rings (SSSR count). The number of piperidine rings is 1. The van der Waals surface area contributed by atoms with Crippen molar-refractivity contribution in [1.82, 2.24) is 14.6 Å². The molecule has 0 atom stereocenters. The van der Waals surface area contributed by atoms with Gasteiger partial charge in [-0.15, -0.1) is 5.10 Å². The lowest BCUT2D eigenvalue weighted by atomic mass is 9.90. The molecule has 0 spiro atoms. The van der Waals surface area contributed by atoms with Crippen LogP contribution in [0.3, 0.4) is 0 Å². The molecule has 1 fully saturated rings. The van der Waals surface area contributed by atoms with E-state index in [1.54, 1.807) is 10.7 Å². The zero-order valence-corrected chi connectivity index (χ0v) is 14.4. The molecular weight excluding hydrogens is 330 g/mol. The van der Waals surface area contributed by atoms with E-state index in [-0.39, 0.29) is 11.5 Å². The summed E-state index contributed by atoms with van der Waals surface area (Å²) in [7, 11) is 0. The number of nitrogen functional groups attached to an aromatic ring is 1. The highest BCUT2D eigenvalue weighted by molar-refractivity contribution is 5.95. The predicted octanol–water partition coefficient (Wildman–Crippen LogP) is 2.47. The van der Waals surface area contributed by atoms with E-state index in [1.807, 2.05) is 6.07 Å². The Morgan fingerprint density at radius 3 is 2.65 bits per heavy atom. The fraction of sp³-hybridized carbons (Fsp3) is 0.316. The Hall–Kier alpha value is -3.09. The maximum Gasteiger partial charge on any atom is 0.338 e. The lowest BCUT2D eigenvalue weighted by Crippen LogP contribution is -2.35. The average molecular weight is 351 g/mol. The molecule has 0 bridgehead atoms. The first-order valence-electron chi connectivity index (χ1n) is 8.78. The molecule has 1 aromatic carbocycles. The molecule has 26 heavy (non-hydrogen) atoms. The SMILES string of the molecule is Nc1nc2cc(C(=O)O)c(N3CCC(Cc4ccccc4)CC3)cn2n1. The summed E-state index contributed by atoms with van der Waals surface area (Å²) < 4.78 is 1.55. The van der Waals surface area contributed by atoms with Crippen LogP contribution in [0.1, 0.15) is 28.8 Å². The van der Waals surface area contributed by atoms with Gasteiger partial charge in [-0.25, -0.2) is 9.31 Å². The molecule has 134 valence electrons. The van der Waals surface area contributed by atoms with Gasteiger partial charge in [0.1, 0.15) is 0 Å². The molecule has 7 heteroatoms. The summed E-state index contributed by atoms with van der Waals surface area (Å²) in [5.41, 5.74) is 8.35. The standard InChI is InChI=1S/C19H21N5O2/c20-19-21-17-11-15(18(25)26)16(12-24(17)22-19)23-8-6-14(7-9-23)10-13-4-2-1-3-5-13/h1-5,11-12,14H,6-10H2,(H2,20,22)(H,25,26). The van der Waals surface area contributed by atoms with Crippen LogP contribution in [-0.2, 0) is 6.42 Å². The molecule has 7 nitrogen and oxygen atoms in total. The van der Waals surface area contributed by atoms with Crippen molar-refractivity contribution >= 4 is 23.3 Å². The van der Waals surface area contributed by atoms with Gasteiger partial charge in [0.05, 0.1) is 17.4 Å². The van der Waals surface area contributed by atoms with Crippen molar-refractivity contribution in [3.63, 3.8) is 0 Å². The Morgan fingerprint density at radius 2 is 1.96 bits per heavy atom. The van der Waals surface area contributed by atoms with Gasteiger partial charge in [0, 0.05) is 13.1 Å².